The summed E-state index contributed by atoms with van der Waals surface area (Å²) in [7, 11) is 0. The van der Waals surface area contributed by atoms with Crippen LogP contribution in [0.5, 0.6) is 0 Å². The molecule has 3 rings (SSSR count). The van der Waals surface area contributed by atoms with E-state index < -0.39 is 0 Å². The van der Waals surface area contributed by atoms with Crippen LogP contribution in [0.1, 0.15) is 24.0 Å². The summed E-state index contributed by atoms with van der Waals surface area (Å²) in [5.74, 6) is 0. The van der Waals surface area contributed by atoms with Gasteiger partial charge in [-0.15, -0.1) is 0 Å². The maximum Gasteiger partial charge on any atom is 0.0409 e. The minimum atomic E-state index is 0.789. The van der Waals surface area contributed by atoms with E-state index in [0.717, 1.165) is 18.1 Å². The molecular formula is C18H21ClN2. The monoisotopic (exact) mass is 300 g/mol. The van der Waals surface area contributed by atoms with Crippen molar-refractivity contribution in [1.29, 1.82) is 0 Å². The van der Waals surface area contributed by atoms with Crippen LogP contribution in [-0.2, 0) is 13.1 Å². The van der Waals surface area contributed by atoms with Crippen molar-refractivity contribution in [3.8, 4) is 0 Å². The molecule has 21 heavy (non-hydrogen) atoms. The van der Waals surface area contributed by atoms with E-state index in [9.17, 15) is 0 Å². The number of hydrogen-bond donors (Lipinski definition) is 1. The lowest BCUT2D eigenvalue weighted by molar-refractivity contribution is 0.331. The van der Waals surface area contributed by atoms with E-state index >= 15 is 0 Å². The van der Waals surface area contributed by atoms with Gasteiger partial charge in [-0.2, -0.15) is 0 Å². The predicted molar refractivity (Wildman–Crippen MR) is 89.7 cm³/mol. The number of benzene rings is 2. The van der Waals surface area contributed by atoms with E-state index in [1.165, 1.54) is 42.7 Å². The Hall–Kier alpha value is -1.51. The lowest BCUT2D eigenvalue weighted by Gasteiger charge is -2.15. The van der Waals surface area contributed by atoms with E-state index in [1.807, 2.05) is 18.2 Å². The van der Waals surface area contributed by atoms with Crippen LogP contribution in [0.15, 0.2) is 48.5 Å². The Morgan fingerprint density at radius 1 is 0.952 bits per heavy atom. The third-order valence-electron chi connectivity index (χ3n) is 3.92. The van der Waals surface area contributed by atoms with Gasteiger partial charge in [0.05, 0.1) is 0 Å². The van der Waals surface area contributed by atoms with Gasteiger partial charge in [-0.1, -0.05) is 35.9 Å². The molecule has 1 fully saturated rings. The molecule has 0 aliphatic carbocycles. The Kier molecular flexibility index (Phi) is 4.79. The number of nitrogens with zero attached hydrogens (tertiary/aromatic N) is 1. The summed E-state index contributed by atoms with van der Waals surface area (Å²) in [6, 6.07) is 16.7. The van der Waals surface area contributed by atoms with E-state index in [-0.39, 0.29) is 0 Å². The Balaban J connectivity index is 1.60. The van der Waals surface area contributed by atoms with Crippen LogP contribution in [0.25, 0.3) is 0 Å². The molecule has 3 heteroatoms. The fourth-order valence-electron chi connectivity index (χ4n) is 2.83. The highest BCUT2D eigenvalue weighted by Gasteiger charge is 2.11. The van der Waals surface area contributed by atoms with Gasteiger partial charge in [-0.25, -0.2) is 0 Å². The molecule has 110 valence electrons. The van der Waals surface area contributed by atoms with Crippen molar-refractivity contribution < 1.29 is 0 Å². The van der Waals surface area contributed by atoms with Crippen LogP contribution < -0.4 is 5.32 Å². The molecule has 0 unspecified atom stereocenters. The number of nitrogens with one attached hydrogen (secondary N) is 1. The Bertz CT molecular complexity index is 591. The number of hydrogen-bond acceptors (Lipinski definition) is 2. The molecule has 2 aromatic rings. The average Bonchev–Trinajstić information content (AvgIpc) is 2.99. The van der Waals surface area contributed by atoms with Gasteiger partial charge in [0, 0.05) is 23.8 Å². The van der Waals surface area contributed by atoms with Gasteiger partial charge >= 0.3 is 0 Å². The molecule has 1 saturated heterocycles. The zero-order valence-corrected chi connectivity index (χ0v) is 12.9. The minimum absolute atomic E-state index is 0.789. The molecule has 1 N–H and O–H groups in total. The number of anilines is 1. The summed E-state index contributed by atoms with van der Waals surface area (Å²) < 4.78 is 0. The van der Waals surface area contributed by atoms with Crippen LogP contribution in [0.4, 0.5) is 5.69 Å². The van der Waals surface area contributed by atoms with Gasteiger partial charge in [-0.05, 0) is 61.3 Å². The average molecular weight is 301 g/mol. The van der Waals surface area contributed by atoms with E-state index in [0.29, 0.717) is 0 Å². The Morgan fingerprint density at radius 3 is 2.52 bits per heavy atom. The second-order valence-corrected chi connectivity index (χ2v) is 6.10. The smallest absolute Gasteiger partial charge is 0.0409 e. The van der Waals surface area contributed by atoms with Crippen LogP contribution in [0.2, 0.25) is 5.02 Å². The lowest BCUT2D eigenvalue weighted by Crippen LogP contribution is -2.18. The van der Waals surface area contributed by atoms with E-state index in [4.69, 9.17) is 11.6 Å². The van der Waals surface area contributed by atoms with Crippen molar-refractivity contribution in [1.82, 2.24) is 4.90 Å². The molecule has 0 saturated carbocycles. The Morgan fingerprint density at radius 2 is 1.71 bits per heavy atom. The first-order chi connectivity index (χ1) is 10.3. The summed E-state index contributed by atoms with van der Waals surface area (Å²) in [4.78, 5) is 2.52. The number of halogens is 1. The number of likely N-dealkylation sites (tertiary alicyclic amines) is 1. The molecule has 0 bridgehead atoms. The van der Waals surface area contributed by atoms with Crippen LogP contribution >= 0.6 is 11.6 Å². The first-order valence-electron chi connectivity index (χ1n) is 7.59. The highest BCUT2D eigenvalue weighted by atomic mass is 35.5. The summed E-state index contributed by atoms with van der Waals surface area (Å²) in [6.45, 7) is 4.33. The topological polar surface area (TPSA) is 15.3 Å². The number of rotatable bonds is 5. The lowest BCUT2D eigenvalue weighted by atomic mass is 10.1. The van der Waals surface area contributed by atoms with E-state index in [2.05, 4.69) is 40.5 Å². The molecule has 0 amide bonds. The van der Waals surface area contributed by atoms with Crippen LogP contribution in [0, 0.1) is 0 Å². The fraction of sp³-hybridized carbons (Fsp3) is 0.333. The quantitative estimate of drug-likeness (QED) is 0.871. The molecule has 1 heterocycles. The maximum absolute atomic E-state index is 6.01. The van der Waals surface area contributed by atoms with Gasteiger partial charge in [0.15, 0.2) is 0 Å². The van der Waals surface area contributed by atoms with Gasteiger partial charge < -0.3 is 5.32 Å². The maximum atomic E-state index is 6.01. The molecule has 0 atom stereocenters. The molecule has 1 aliphatic rings. The molecule has 2 nitrogen and oxygen atoms in total. The van der Waals surface area contributed by atoms with Crippen molar-refractivity contribution in [2.24, 2.45) is 0 Å². The summed E-state index contributed by atoms with van der Waals surface area (Å²) in [5.41, 5.74) is 3.76. The largest absolute Gasteiger partial charge is 0.381 e. The predicted octanol–water partition coefficient (Wildman–Crippen LogP) is 4.55. The highest BCUT2D eigenvalue weighted by Crippen LogP contribution is 2.17. The van der Waals surface area contributed by atoms with Gasteiger partial charge in [0.25, 0.3) is 0 Å². The fourth-order valence-corrected chi connectivity index (χ4v) is 3.04. The molecule has 2 aromatic carbocycles. The second kappa shape index (κ2) is 6.97. The normalized spacial score (nSPS) is 15.3. The van der Waals surface area contributed by atoms with Crippen LogP contribution in [0.3, 0.4) is 0 Å². The standard InChI is InChI=1S/C18H21ClN2/c19-17-7-3-5-15(11-17)13-20-18-8-4-6-16(12-18)14-21-9-1-2-10-21/h3-8,11-12,20H,1-2,9-10,13-14H2. The molecule has 0 aromatic heterocycles. The van der Waals surface area contributed by atoms with Gasteiger partial charge in [0.1, 0.15) is 0 Å². The highest BCUT2D eigenvalue weighted by molar-refractivity contribution is 6.30. The summed E-state index contributed by atoms with van der Waals surface area (Å²) >= 11 is 6.01. The van der Waals surface area contributed by atoms with Gasteiger partial charge in [-0.3, -0.25) is 4.90 Å². The molecule has 0 radical (unpaired) electrons. The van der Waals surface area contributed by atoms with Crippen molar-refractivity contribution in [3.63, 3.8) is 0 Å². The first kappa shape index (κ1) is 14.4. The van der Waals surface area contributed by atoms with Crippen molar-refractivity contribution >= 4 is 17.3 Å². The summed E-state index contributed by atoms with van der Waals surface area (Å²) in [6.07, 6.45) is 2.68. The third kappa shape index (κ3) is 4.23. The van der Waals surface area contributed by atoms with Crippen LogP contribution in [-0.4, -0.2) is 18.0 Å². The zero-order valence-electron chi connectivity index (χ0n) is 12.2. The first-order valence-corrected chi connectivity index (χ1v) is 7.97. The van der Waals surface area contributed by atoms with Crippen molar-refractivity contribution in [3.05, 3.63) is 64.7 Å². The molecule has 0 spiro atoms. The van der Waals surface area contributed by atoms with Crippen molar-refractivity contribution in [2.75, 3.05) is 18.4 Å². The zero-order chi connectivity index (χ0) is 14.5. The SMILES string of the molecule is Clc1cccc(CNc2cccc(CN3CCCC3)c2)c1. The Labute approximate surface area is 131 Å². The van der Waals surface area contributed by atoms with E-state index in [1.54, 1.807) is 0 Å². The van der Waals surface area contributed by atoms with Gasteiger partial charge in [0.2, 0.25) is 0 Å². The molecular weight excluding hydrogens is 280 g/mol. The second-order valence-electron chi connectivity index (χ2n) is 5.67. The van der Waals surface area contributed by atoms with Crippen molar-refractivity contribution in [2.45, 2.75) is 25.9 Å². The summed E-state index contributed by atoms with van der Waals surface area (Å²) in [5, 5.41) is 4.27. The third-order valence-corrected chi connectivity index (χ3v) is 4.15. The minimum Gasteiger partial charge on any atom is -0.381 e. The molecule has 1 aliphatic heterocycles.